The second-order valence-corrected chi connectivity index (χ2v) is 10.9. The summed E-state index contributed by atoms with van der Waals surface area (Å²) in [6, 6.07) is 11.1. The largest absolute Gasteiger partial charge is 0.443 e. The lowest BCUT2D eigenvalue weighted by Crippen LogP contribution is -2.57. The Kier molecular flexibility index (Phi) is 6.76. The van der Waals surface area contributed by atoms with Crippen LogP contribution in [0.2, 0.25) is 0 Å². The molecule has 0 spiro atoms. The lowest BCUT2D eigenvalue weighted by molar-refractivity contribution is -0.141. The van der Waals surface area contributed by atoms with Crippen LogP contribution >= 0.6 is 0 Å². The molecule has 1 saturated heterocycles. The molecule has 1 atom stereocenters. The van der Waals surface area contributed by atoms with Gasteiger partial charge in [-0.25, -0.2) is 18.4 Å². The summed E-state index contributed by atoms with van der Waals surface area (Å²) in [6.07, 6.45) is -3.16. The Morgan fingerprint density at radius 2 is 1.92 bits per heavy atom. The van der Waals surface area contributed by atoms with E-state index in [4.69, 9.17) is 4.42 Å². The summed E-state index contributed by atoms with van der Waals surface area (Å²) in [5, 5.41) is 3.11. The zero-order valence-corrected chi connectivity index (χ0v) is 21.6. The second-order valence-electron chi connectivity index (χ2n) is 9.11. The van der Waals surface area contributed by atoms with E-state index >= 15 is 0 Å². The molecule has 1 aliphatic heterocycles. The lowest BCUT2D eigenvalue weighted by atomic mass is 10.1. The van der Waals surface area contributed by atoms with E-state index in [-0.39, 0.29) is 24.1 Å². The van der Waals surface area contributed by atoms with Crippen LogP contribution in [-0.2, 0) is 27.5 Å². The van der Waals surface area contributed by atoms with Gasteiger partial charge in [-0.05, 0) is 30.7 Å². The zero-order chi connectivity index (χ0) is 27.9. The number of benzene rings is 1. The summed E-state index contributed by atoms with van der Waals surface area (Å²) < 4.78 is 71.6. The summed E-state index contributed by atoms with van der Waals surface area (Å²) in [5.74, 6) is -0.238. The molecule has 0 bridgehead atoms. The molecule has 204 valence electrons. The van der Waals surface area contributed by atoms with Crippen molar-refractivity contribution in [2.75, 3.05) is 25.5 Å². The van der Waals surface area contributed by atoms with Crippen LogP contribution in [0.1, 0.15) is 17.8 Å². The van der Waals surface area contributed by atoms with Crippen LogP contribution in [0.4, 0.5) is 19.1 Å². The first kappa shape index (κ1) is 26.6. The molecule has 0 radical (unpaired) electrons. The minimum atomic E-state index is -4.57. The van der Waals surface area contributed by atoms with Crippen LogP contribution < -0.4 is 10.2 Å². The standard InChI is InChI=1S/C25H23F3N6O4S/c1-33(2)24-31-17(12-18(32-24)16-7-8-21(29-13-16)25(26,27)28)14-30-23(35)19-9-10-34(19)39(36,37)22-11-15-5-3-4-6-20(15)38-22/h3-8,11-13,19H,9-10,14H2,1-2H3,(H,30,35)/t19-/m0/s1. The first-order valence-electron chi connectivity index (χ1n) is 11.8. The van der Waals surface area contributed by atoms with Gasteiger partial charge in [0.2, 0.25) is 16.9 Å². The Labute approximate surface area is 221 Å². The summed E-state index contributed by atoms with van der Waals surface area (Å²) in [5.41, 5.74) is 0.434. The Morgan fingerprint density at radius 3 is 2.54 bits per heavy atom. The molecule has 0 unspecified atom stereocenters. The van der Waals surface area contributed by atoms with Gasteiger partial charge < -0.3 is 14.6 Å². The molecule has 4 aromatic rings. The highest BCUT2D eigenvalue weighted by molar-refractivity contribution is 7.89. The molecule has 1 N–H and O–H groups in total. The number of hydrogen-bond donors (Lipinski definition) is 1. The monoisotopic (exact) mass is 560 g/mol. The van der Waals surface area contributed by atoms with Gasteiger partial charge in [-0.1, -0.05) is 18.2 Å². The van der Waals surface area contributed by atoms with Gasteiger partial charge in [0.25, 0.3) is 10.0 Å². The summed E-state index contributed by atoms with van der Waals surface area (Å²) in [7, 11) is -0.637. The lowest BCUT2D eigenvalue weighted by Gasteiger charge is -2.37. The zero-order valence-electron chi connectivity index (χ0n) is 20.8. The topological polar surface area (TPSA) is 122 Å². The Bertz CT molecular complexity index is 1600. The first-order chi connectivity index (χ1) is 18.4. The molecule has 14 heteroatoms. The van der Waals surface area contributed by atoms with E-state index in [2.05, 4.69) is 20.3 Å². The fraction of sp³-hybridized carbons (Fsp3) is 0.280. The van der Waals surface area contributed by atoms with Crippen molar-refractivity contribution in [1.82, 2.24) is 24.6 Å². The van der Waals surface area contributed by atoms with Gasteiger partial charge in [-0.2, -0.15) is 17.5 Å². The van der Waals surface area contributed by atoms with E-state index in [1.165, 1.54) is 18.2 Å². The molecule has 1 amide bonds. The number of carbonyl (C=O) groups excluding carboxylic acids is 1. The maximum atomic E-state index is 13.1. The van der Waals surface area contributed by atoms with Gasteiger partial charge in [0.1, 0.15) is 17.3 Å². The quantitative estimate of drug-likeness (QED) is 0.365. The van der Waals surface area contributed by atoms with Crippen LogP contribution in [-0.4, -0.2) is 60.3 Å². The number of amides is 1. The highest BCUT2D eigenvalue weighted by Gasteiger charge is 2.44. The fourth-order valence-corrected chi connectivity index (χ4v) is 5.63. The van der Waals surface area contributed by atoms with Crippen molar-refractivity contribution in [3.05, 3.63) is 66.1 Å². The number of nitrogens with zero attached hydrogens (tertiary/aromatic N) is 5. The third-order valence-electron chi connectivity index (χ3n) is 6.20. The van der Waals surface area contributed by atoms with E-state index in [9.17, 15) is 26.4 Å². The molecule has 0 saturated carbocycles. The summed E-state index contributed by atoms with van der Waals surface area (Å²) in [6.45, 7) is 0.110. The van der Waals surface area contributed by atoms with Gasteiger partial charge in [0.15, 0.2) is 0 Å². The number of fused-ring (bicyclic) bond motifs is 1. The smallest absolute Gasteiger partial charge is 0.433 e. The maximum absolute atomic E-state index is 13.1. The van der Waals surface area contributed by atoms with Gasteiger partial charge >= 0.3 is 6.18 Å². The van der Waals surface area contributed by atoms with Crippen molar-refractivity contribution in [2.24, 2.45) is 0 Å². The van der Waals surface area contributed by atoms with Gasteiger partial charge in [-0.3, -0.25) is 9.78 Å². The molecule has 10 nitrogen and oxygen atoms in total. The minimum Gasteiger partial charge on any atom is -0.443 e. The van der Waals surface area contributed by atoms with Crippen molar-refractivity contribution in [1.29, 1.82) is 0 Å². The number of furan rings is 1. The average Bonchev–Trinajstić information content (AvgIpc) is 3.31. The van der Waals surface area contributed by atoms with Crippen molar-refractivity contribution < 1.29 is 30.8 Å². The molecule has 0 aliphatic carbocycles. The van der Waals surface area contributed by atoms with Crippen LogP contribution in [0.3, 0.4) is 0 Å². The molecule has 5 rings (SSSR count). The number of anilines is 1. The second kappa shape index (κ2) is 9.93. The molecule has 39 heavy (non-hydrogen) atoms. The highest BCUT2D eigenvalue weighted by atomic mass is 32.2. The number of rotatable bonds is 7. The predicted octanol–water partition coefficient (Wildman–Crippen LogP) is 3.45. The van der Waals surface area contributed by atoms with Crippen molar-refractivity contribution in [2.45, 2.75) is 30.3 Å². The number of hydrogen-bond acceptors (Lipinski definition) is 8. The highest BCUT2D eigenvalue weighted by Crippen LogP contribution is 2.31. The summed E-state index contributed by atoms with van der Waals surface area (Å²) >= 11 is 0. The van der Waals surface area contributed by atoms with E-state index < -0.39 is 33.8 Å². The van der Waals surface area contributed by atoms with Crippen LogP contribution in [0.15, 0.2) is 64.2 Å². The fourth-order valence-electron chi connectivity index (χ4n) is 4.04. The number of carbonyl (C=O) groups is 1. The van der Waals surface area contributed by atoms with Crippen LogP contribution in [0.25, 0.3) is 22.2 Å². The third-order valence-corrected chi connectivity index (χ3v) is 7.96. The molecular formula is C25H23F3N6O4S. The van der Waals surface area contributed by atoms with Crippen molar-refractivity contribution in [3.8, 4) is 11.3 Å². The van der Waals surface area contributed by atoms with Crippen molar-refractivity contribution in [3.63, 3.8) is 0 Å². The minimum absolute atomic E-state index is 0.0573. The van der Waals surface area contributed by atoms with E-state index in [0.717, 1.165) is 16.6 Å². The molecule has 4 heterocycles. The number of alkyl halides is 3. The molecule has 1 fully saturated rings. The van der Waals surface area contributed by atoms with Gasteiger partial charge in [0, 0.05) is 43.9 Å². The number of aromatic nitrogens is 3. The van der Waals surface area contributed by atoms with E-state index in [1.807, 2.05) is 0 Å². The average molecular weight is 561 g/mol. The maximum Gasteiger partial charge on any atom is 0.433 e. The normalized spacial score (nSPS) is 16.2. The van der Waals surface area contributed by atoms with Gasteiger partial charge in [-0.15, -0.1) is 0 Å². The Hall–Kier alpha value is -4.04. The SMILES string of the molecule is CN(C)c1nc(CNC(=O)[C@@H]2CCN2S(=O)(=O)c2cc3ccccc3o2)cc(-c2ccc(C(F)(F)F)nc2)n1. The van der Waals surface area contributed by atoms with E-state index in [0.29, 0.717) is 34.3 Å². The van der Waals surface area contributed by atoms with E-state index in [1.54, 1.807) is 43.3 Å². The number of nitrogens with one attached hydrogen (secondary N) is 1. The van der Waals surface area contributed by atoms with Gasteiger partial charge in [0.05, 0.1) is 17.9 Å². The number of para-hydroxylation sites is 1. The Balaban J connectivity index is 1.32. The molecule has 1 aliphatic rings. The molecular weight excluding hydrogens is 537 g/mol. The van der Waals surface area contributed by atoms with Crippen molar-refractivity contribution >= 4 is 32.8 Å². The predicted molar refractivity (Wildman–Crippen MR) is 135 cm³/mol. The molecule has 3 aromatic heterocycles. The van der Waals surface area contributed by atoms with Crippen LogP contribution in [0, 0.1) is 0 Å². The number of halogens is 3. The summed E-state index contributed by atoms with van der Waals surface area (Å²) in [4.78, 5) is 26.8. The first-order valence-corrected chi connectivity index (χ1v) is 13.2. The molecule has 1 aromatic carbocycles. The van der Waals surface area contributed by atoms with Crippen LogP contribution in [0.5, 0.6) is 0 Å². The Morgan fingerprint density at radius 1 is 1.15 bits per heavy atom. The number of sulfonamides is 1. The third kappa shape index (κ3) is 5.29. The number of pyridine rings is 1.